The molecule has 0 aliphatic rings. The van der Waals surface area contributed by atoms with Gasteiger partial charge in [-0.3, -0.25) is 9.83 Å². The Labute approximate surface area is 200 Å². The van der Waals surface area contributed by atoms with E-state index in [0.717, 1.165) is 18.9 Å². The van der Waals surface area contributed by atoms with E-state index in [1.807, 2.05) is 10.3 Å². The summed E-state index contributed by atoms with van der Waals surface area (Å²) in [5.74, 6) is 1.22. The van der Waals surface area contributed by atoms with Gasteiger partial charge in [0.25, 0.3) is 20.0 Å². The van der Waals surface area contributed by atoms with Gasteiger partial charge in [0.1, 0.15) is 0 Å². The second-order valence-electron chi connectivity index (χ2n) is 6.08. The van der Waals surface area contributed by atoms with Gasteiger partial charge in [-0.1, -0.05) is 11.0 Å². The molecule has 1 aromatic heterocycles. The molecule has 0 radical (unpaired) electrons. The summed E-state index contributed by atoms with van der Waals surface area (Å²) in [6, 6.07) is 4.83. The number of rotatable bonds is 11. The van der Waals surface area contributed by atoms with Crippen LogP contribution in [-0.2, 0) is 30.6 Å². The molecule has 0 spiro atoms. The molecule has 13 nitrogen and oxygen atoms in total. The van der Waals surface area contributed by atoms with E-state index >= 15 is 0 Å². The molecule has 7 N–H and O–H groups in total. The monoisotopic (exact) mass is 536 g/mol. The van der Waals surface area contributed by atoms with Crippen molar-refractivity contribution in [2.45, 2.75) is 15.5 Å². The maximum atomic E-state index is 12.7. The van der Waals surface area contributed by atoms with E-state index in [9.17, 15) is 16.8 Å². The van der Waals surface area contributed by atoms with Crippen molar-refractivity contribution in [2.24, 2.45) is 21.5 Å². The summed E-state index contributed by atoms with van der Waals surface area (Å²) in [5, 5.41) is 5.23. The lowest BCUT2D eigenvalue weighted by molar-refractivity contribution is 0.153. The smallest absolute Gasteiger partial charge is 0.264 e. The van der Waals surface area contributed by atoms with Gasteiger partial charge in [0.2, 0.25) is 11.1 Å². The zero-order chi connectivity index (χ0) is 24.5. The van der Waals surface area contributed by atoms with Gasteiger partial charge in [0.15, 0.2) is 5.96 Å². The number of nitrogens with zero attached hydrogens (tertiary/aromatic N) is 3. The van der Waals surface area contributed by atoms with Crippen LogP contribution in [0.4, 0.5) is 5.13 Å². The van der Waals surface area contributed by atoms with Crippen molar-refractivity contribution in [3.8, 4) is 0 Å². The molecule has 0 atom stereocenters. The minimum atomic E-state index is -4.09. The first kappa shape index (κ1) is 26.8. The highest BCUT2D eigenvalue weighted by Crippen LogP contribution is 2.21. The Balaban J connectivity index is 1.90. The van der Waals surface area contributed by atoms with Crippen molar-refractivity contribution in [3.63, 3.8) is 0 Å². The third kappa shape index (κ3) is 8.45. The summed E-state index contributed by atoms with van der Waals surface area (Å²) in [7, 11) is -5.55. The Bertz CT molecular complexity index is 1210. The molecule has 2 rings (SSSR count). The third-order valence-electron chi connectivity index (χ3n) is 3.63. The molecule has 1 heterocycles. The van der Waals surface area contributed by atoms with Crippen LogP contribution < -0.4 is 26.4 Å². The fraction of sp³-hybridized carbons (Fsp3) is 0.312. The van der Waals surface area contributed by atoms with Crippen molar-refractivity contribution in [2.75, 3.05) is 26.5 Å². The van der Waals surface area contributed by atoms with Gasteiger partial charge in [-0.25, -0.2) is 26.5 Å². The molecule has 0 amide bonds. The number of nitrogens with two attached hydrogens (primary N) is 2. The number of guanidine groups is 2. The highest BCUT2D eigenvalue weighted by Gasteiger charge is 2.20. The molecular formula is C16H24N8O5S4. The number of nitrogens with one attached hydrogen (secondary N) is 3. The van der Waals surface area contributed by atoms with Gasteiger partial charge in [-0.05, 0) is 18.2 Å². The van der Waals surface area contributed by atoms with Crippen molar-refractivity contribution in [3.05, 3.63) is 35.3 Å². The highest BCUT2D eigenvalue weighted by atomic mass is 32.2. The molecule has 0 saturated carbocycles. The van der Waals surface area contributed by atoms with Crippen molar-refractivity contribution >= 4 is 60.2 Å². The maximum absolute atomic E-state index is 12.7. The van der Waals surface area contributed by atoms with Crippen LogP contribution in [0.2, 0.25) is 0 Å². The summed E-state index contributed by atoms with van der Waals surface area (Å²) in [6.07, 6.45) is 0. The van der Waals surface area contributed by atoms with Crippen LogP contribution in [0.3, 0.4) is 0 Å². The molecule has 1 aromatic carbocycles. The molecule has 33 heavy (non-hydrogen) atoms. The third-order valence-corrected chi connectivity index (χ3v) is 8.00. The minimum Gasteiger partial charge on any atom is -0.370 e. The standard InChI is InChI=1S/C16H24N8O5S4/c1-19-15(20-6-7-30-9-11-10-31-16(21-11)22-14(17)18)23-32(25,26)12-4-3-5-13(8-12)33(27,28)24-29-2/h3-5,8,10,24H,6-7,9H2,1-2H3,(H2,19,20,23)(H4,17,18,21,22). The average Bonchev–Trinajstić information content (AvgIpc) is 3.19. The molecule has 17 heteroatoms. The fourth-order valence-corrected chi connectivity index (χ4v) is 5.82. The predicted octanol–water partition coefficient (Wildman–Crippen LogP) is -0.325. The largest absolute Gasteiger partial charge is 0.370 e. The van der Waals surface area contributed by atoms with E-state index in [2.05, 4.69) is 29.8 Å². The molecule has 0 saturated heterocycles. The molecule has 182 valence electrons. The van der Waals surface area contributed by atoms with E-state index < -0.39 is 20.0 Å². The summed E-state index contributed by atoms with van der Waals surface area (Å²) >= 11 is 2.90. The van der Waals surface area contributed by atoms with Crippen LogP contribution in [0.5, 0.6) is 0 Å². The first-order chi connectivity index (χ1) is 15.6. The summed E-state index contributed by atoms with van der Waals surface area (Å²) < 4.78 is 51.7. The molecule has 2 aromatic rings. The second-order valence-corrected chi connectivity index (χ2v) is 11.3. The lowest BCUT2D eigenvalue weighted by Gasteiger charge is -2.13. The van der Waals surface area contributed by atoms with Gasteiger partial charge in [-0.2, -0.15) is 16.8 Å². The van der Waals surface area contributed by atoms with Gasteiger partial charge in [-0.15, -0.1) is 11.3 Å². The second kappa shape index (κ2) is 12.1. The van der Waals surface area contributed by atoms with Gasteiger partial charge < -0.3 is 16.8 Å². The fourth-order valence-electron chi connectivity index (χ4n) is 2.26. The van der Waals surface area contributed by atoms with E-state index in [-0.39, 0.29) is 21.7 Å². The van der Waals surface area contributed by atoms with Crippen LogP contribution in [0.15, 0.2) is 49.4 Å². The lowest BCUT2D eigenvalue weighted by atomic mass is 10.4. The van der Waals surface area contributed by atoms with Crippen LogP contribution >= 0.6 is 23.1 Å². The van der Waals surface area contributed by atoms with E-state index in [0.29, 0.717) is 23.2 Å². The van der Waals surface area contributed by atoms with Crippen LogP contribution in [0, 0.1) is 0 Å². The van der Waals surface area contributed by atoms with Crippen LogP contribution in [0.25, 0.3) is 0 Å². The van der Waals surface area contributed by atoms with Crippen LogP contribution in [-0.4, -0.2) is 60.2 Å². The molecule has 0 aliphatic carbocycles. The maximum Gasteiger partial charge on any atom is 0.264 e. The van der Waals surface area contributed by atoms with Gasteiger partial charge >= 0.3 is 0 Å². The lowest BCUT2D eigenvalue weighted by Crippen LogP contribution is -2.41. The first-order valence-electron chi connectivity index (χ1n) is 9.07. The highest BCUT2D eigenvalue weighted by molar-refractivity contribution is 7.98. The number of hydrogen-bond acceptors (Lipinski definition) is 10. The molecule has 0 unspecified atom stereocenters. The Morgan fingerprint density at radius 2 is 1.91 bits per heavy atom. The number of aromatic nitrogens is 1. The number of benzene rings is 1. The number of hydrogen-bond donors (Lipinski definition) is 5. The zero-order valence-electron chi connectivity index (χ0n) is 17.7. The molecular weight excluding hydrogens is 512 g/mol. The molecule has 0 aliphatic heterocycles. The quantitative estimate of drug-likeness (QED) is 0.109. The molecule has 0 bridgehead atoms. The summed E-state index contributed by atoms with van der Waals surface area (Å²) in [5.41, 5.74) is 11.5. The van der Waals surface area contributed by atoms with Gasteiger partial charge in [0.05, 0.1) is 22.6 Å². The SMILES string of the molecule is CN=C(NCCSCc1csc(N=C(N)N)n1)NS(=O)(=O)c1cccc(S(=O)(=O)NOC)c1. The minimum absolute atomic E-state index is 0.0163. The Hall–Kier alpha value is -2.44. The summed E-state index contributed by atoms with van der Waals surface area (Å²) in [4.78, 5) is 17.8. The van der Waals surface area contributed by atoms with Crippen molar-refractivity contribution in [1.29, 1.82) is 0 Å². The Kier molecular flexibility index (Phi) is 9.87. The number of thioether (sulfide) groups is 1. The normalized spacial score (nSPS) is 12.4. The predicted molar refractivity (Wildman–Crippen MR) is 129 cm³/mol. The van der Waals surface area contributed by atoms with Crippen molar-refractivity contribution < 1.29 is 21.7 Å². The zero-order valence-corrected chi connectivity index (χ0v) is 20.9. The topological polar surface area (TPSA) is 203 Å². The van der Waals surface area contributed by atoms with Crippen LogP contribution in [0.1, 0.15) is 5.69 Å². The Morgan fingerprint density at radius 1 is 1.21 bits per heavy atom. The number of aliphatic imine (C=N–C) groups is 2. The molecule has 0 fully saturated rings. The number of sulfonamides is 2. The van der Waals surface area contributed by atoms with Crippen molar-refractivity contribution in [1.82, 2.24) is 19.9 Å². The van der Waals surface area contributed by atoms with E-state index in [1.54, 1.807) is 11.8 Å². The Morgan fingerprint density at radius 3 is 2.55 bits per heavy atom. The van der Waals surface area contributed by atoms with E-state index in [4.69, 9.17) is 11.5 Å². The van der Waals surface area contributed by atoms with E-state index in [1.165, 1.54) is 36.6 Å². The van der Waals surface area contributed by atoms with Gasteiger partial charge in [0, 0.05) is 30.5 Å². The summed E-state index contributed by atoms with van der Waals surface area (Å²) in [6.45, 7) is 0.414. The average molecular weight is 537 g/mol. The number of thiazole rings is 1. The first-order valence-corrected chi connectivity index (χ1v) is 14.1.